The summed E-state index contributed by atoms with van der Waals surface area (Å²) in [6, 6.07) is 34.2. The minimum atomic E-state index is -0.966. The van der Waals surface area contributed by atoms with Gasteiger partial charge in [0.25, 0.3) is 5.56 Å². The van der Waals surface area contributed by atoms with Gasteiger partial charge in [0.1, 0.15) is 24.2 Å². The molecule has 3 N–H and O–H groups in total. The Morgan fingerprint density at radius 2 is 1.56 bits per heavy atom. The molecule has 1 aliphatic heterocycles. The number of carbonyl (C=O) groups is 3. The van der Waals surface area contributed by atoms with Crippen LogP contribution in [0.25, 0.3) is 45.1 Å². The van der Waals surface area contributed by atoms with Crippen molar-refractivity contribution in [2.75, 3.05) is 33.3 Å². The van der Waals surface area contributed by atoms with E-state index < -0.39 is 5.60 Å². The van der Waals surface area contributed by atoms with E-state index in [4.69, 9.17) is 4.74 Å². The summed E-state index contributed by atoms with van der Waals surface area (Å²) in [4.78, 5) is 59.9. The number of nitrogens with zero attached hydrogens (tertiary/aromatic N) is 6. The molecule has 0 spiro atoms. The van der Waals surface area contributed by atoms with Crippen LogP contribution in [0.5, 0.6) is 5.88 Å². The van der Waals surface area contributed by atoms with Gasteiger partial charge in [-0.05, 0) is 109 Å². The highest BCUT2D eigenvalue weighted by atomic mass is 19.1. The van der Waals surface area contributed by atoms with Gasteiger partial charge in [0.05, 0.1) is 30.7 Å². The van der Waals surface area contributed by atoms with Gasteiger partial charge in [0.2, 0.25) is 17.7 Å². The quantitative estimate of drug-likeness (QED) is 0.0491. The molecule has 0 bridgehead atoms. The molecule has 15 heteroatoms. The van der Waals surface area contributed by atoms with E-state index in [1.165, 1.54) is 17.0 Å². The number of aliphatic hydroxyl groups is 1. The number of halogens is 1. The molecular formula is C57H59FN8O6. The van der Waals surface area contributed by atoms with Gasteiger partial charge in [-0.2, -0.15) is 5.10 Å². The zero-order valence-electron chi connectivity index (χ0n) is 41.0. The van der Waals surface area contributed by atoms with Gasteiger partial charge < -0.3 is 25.4 Å². The van der Waals surface area contributed by atoms with E-state index in [2.05, 4.69) is 42.7 Å². The molecule has 2 amide bonds. The van der Waals surface area contributed by atoms with Crippen LogP contribution in [-0.2, 0) is 34.5 Å². The number of allylic oxidation sites excluding steroid dienone is 3. The third kappa shape index (κ3) is 12.0. The number of nitrogens with one attached hydrogen (secondary N) is 2. The summed E-state index contributed by atoms with van der Waals surface area (Å²) in [5.41, 5.74) is 9.88. The molecule has 72 heavy (non-hydrogen) atoms. The Morgan fingerprint density at radius 1 is 0.847 bits per heavy atom. The highest BCUT2D eigenvalue weighted by Gasteiger charge is 2.33. The number of aryl methyl sites for hydroxylation is 1. The molecule has 0 saturated carbocycles. The summed E-state index contributed by atoms with van der Waals surface area (Å²) < 4.78 is 23.4. The van der Waals surface area contributed by atoms with Gasteiger partial charge in [-0.3, -0.25) is 28.4 Å². The third-order valence-electron chi connectivity index (χ3n) is 13.2. The summed E-state index contributed by atoms with van der Waals surface area (Å²) in [6.07, 6.45) is 8.72. The number of amides is 2. The highest BCUT2D eigenvalue weighted by Crippen LogP contribution is 2.48. The lowest BCUT2D eigenvalue weighted by Gasteiger charge is -2.36. The predicted molar refractivity (Wildman–Crippen MR) is 277 cm³/mol. The van der Waals surface area contributed by atoms with Crippen LogP contribution in [-0.4, -0.2) is 91.3 Å². The van der Waals surface area contributed by atoms with Crippen LogP contribution < -0.4 is 20.9 Å². The summed E-state index contributed by atoms with van der Waals surface area (Å²) in [6.45, 7) is 6.32. The van der Waals surface area contributed by atoms with Crippen LogP contribution in [0.15, 0.2) is 138 Å². The first-order valence-electron chi connectivity index (χ1n) is 24.1. The van der Waals surface area contributed by atoms with Gasteiger partial charge >= 0.3 is 0 Å². The smallest absolute Gasteiger partial charge is 0.281 e. The second kappa shape index (κ2) is 22.9. The van der Waals surface area contributed by atoms with Gasteiger partial charge in [0.15, 0.2) is 5.52 Å². The summed E-state index contributed by atoms with van der Waals surface area (Å²) in [5.74, 6) is -0.486. The zero-order valence-corrected chi connectivity index (χ0v) is 41.0. The van der Waals surface area contributed by atoms with Crippen molar-refractivity contribution in [2.45, 2.75) is 64.1 Å². The van der Waals surface area contributed by atoms with E-state index in [0.717, 1.165) is 75.0 Å². The minimum Gasteiger partial charge on any atom is -0.475 e. The molecule has 370 valence electrons. The number of aromatic nitrogens is 5. The van der Waals surface area contributed by atoms with Crippen molar-refractivity contribution >= 4 is 40.8 Å². The number of hydrogen-bond donors (Lipinski definition) is 3. The Balaban J connectivity index is 0.000000558. The maximum atomic E-state index is 14.4. The lowest BCUT2D eigenvalue weighted by Crippen LogP contribution is -2.47. The molecule has 3 aromatic heterocycles. The number of aldehydes is 1. The van der Waals surface area contributed by atoms with Crippen molar-refractivity contribution in [2.24, 2.45) is 7.05 Å². The largest absolute Gasteiger partial charge is 0.475 e. The zero-order chi connectivity index (χ0) is 50.8. The number of benzene rings is 4. The van der Waals surface area contributed by atoms with E-state index in [0.29, 0.717) is 29.9 Å². The van der Waals surface area contributed by atoms with Gasteiger partial charge in [-0.1, -0.05) is 90.5 Å². The molecule has 2 aliphatic rings. The van der Waals surface area contributed by atoms with E-state index >= 15 is 0 Å². The Labute approximate surface area is 417 Å². The van der Waals surface area contributed by atoms with Crippen LogP contribution >= 0.6 is 0 Å². The van der Waals surface area contributed by atoms with Gasteiger partial charge in [0, 0.05) is 62.8 Å². The third-order valence-corrected chi connectivity index (χ3v) is 13.2. The first-order valence-corrected chi connectivity index (χ1v) is 24.1. The van der Waals surface area contributed by atoms with Crippen LogP contribution in [0.4, 0.5) is 4.39 Å². The van der Waals surface area contributed by atoms with Crippen LogP contribution in [0.3, 0.4) is 0 Å². The number of carbonyl (C=O) groups excluding carboxylic acids is 3. The number of piperidine rings is 1. The molecule has 4 heterocycles. The molecule has 4 aromatic carbocycles. The van der Waals surface area contributed by atoms with Crippen molar-refractivity contribution in [1.29, 1.82) is 0 Å². The Morgan fingerprint density at radius 3 is 2.31 bits per heavy atom. The molecule has 1 fully saturated rings. The first-order chi connectivity index (χ1) is 34.8. The average molecular weight is 971 g/mol. The summed E-state index contributed by atoms with van der Waals surface area (Å²) >= 11 is 0. The van der Waals surface area contributed by atoms with Crippen molar-refractivity contribution in [3.63, 3.8) is 0 Å². The second-order valence-electron chi connectivity index (χ2n) is 18.4. The van der Waals surface area contributed by atoms with Gasteiger partial charge in [-0.25, -0.2) is 14.4 Å². The Kier molecular flexibility index (Phi) is 16.1. The fourth-order valence-corrected chi connectivity index (χ4v) is 9.30. The van der Waals surface area contributed by atoms with Crippen molar-refractivity contribution in [3.8, 4) is 28.3 Å². The fraction of sp³-hybridized carbons (Fsp3) is 0.281. The number of pyridine rings is 1. The van der Waals surface area contributed by atoms with Crippen LogP contribution in [0.2, 0.25) is 0 Å². The normalized spacial score (nSPS) is 15.2. The number of likely N-dealkylation sites (tertiary alicyclic amines) is 1. The first kappa shape index (κ1) is 50.5. The Hall–Kier alpha value is -7.88. The van der Waals surface area contributed by atoms with Crippen molar-refractivity contribution in [3.05, 3.63) is 177 Å². The molecule has 14 nitrogen and oxygen atoms in total. The number of rotatable bonds is 16. The molecule has 7 aromatic rings. The molecule has 0 radical (unpaired) electrons. The monoisotopic (exact) mass is 970 g/mol. The number of ether oxygens (including phenoxy) is 1. The topological polar surface area (TPSA) is 174 Å². The molecule has 1 aliphatic carbocycles. The van der Waals surface area contributed by atoms with Crippen LogP contribution in [0.1, 0.15) is 73.3 Å². The van der Waals surface area contributed by atoms with E-state index in [1.807, 2.05) is 112 Å². The van der Waals surface area contributed by atoms with E-state index in [9.17, 15) is 28.7 Å². The van der Waals surface area contributed by atoms with Crippen molar-refractivity contribution in [1.82, 2.24) is 39.8 Å². The molecule has 1 atom stereocenters. The second-order valence-corrected chi connectivity index (χ2v) is 18.4. The average Bonchev–Trinajstić information content (AvgIpc) is 3.91. The van der Waals surface area contributed by atoms with Crippen molar-refractivity contribution < 1.29 is 28.6 Å². The van der Waals surface area contributed by atoms with E-state index in [1.54, 1.807) is 30.1 Å². The fourth-order valence-electron chi connectivity index (χ4n) is 9.30. The minimum absolute atomic E-state index is 0.0192. The summed E-state index contributed by atoms with van der Waals surface area (Å²) in [7, 11) is 3.78. The lowest BCUT2D eigenvalue weighted by atomic mass is 9.89. The predicted octanol–water partition coefficient (Wildman–Crippen LogP) is 7.88. The lowest BCUT2D eigenvalue weighted by molar-refractivity contribution is -0.126. The van der Waals surface area contributed by atoms with Crippen LogP contribution in [0, 0.1) is 5.82 Å². The van der Waals surface area contributed by atoms with E-state index in [-0.39, 0.29) is 73.7 Å². The maximum absolute atomic E-state index is 14.4. The molecule has 9 rings (SSSR count). The Bertz CT molecular complexity index is 3190. The summed E-state index contributed by atoms with van der Waals surface area (Å²) in [5, 5.41) is 21.3. The molecule has 1 saturated heterocycles. The molecule has 1 unspecified atom stereocenters. The van der Waals surface area contributed by atoms with Gasteiger partial charge in [-0.15, -0.1) is 0 Å². The number of fused-ring (bicyclic) bond motifs is 4. The number of hydrogen-bond acceptors (Lipinski definition) is 10. The molecular weight excluding hydrogens is 912 g/mol. The highest BCUT2D eigenvalue weighted by molar-refractivity contribution is 5.89. The standard InChI is InChI=1S/C47H49FN8O5.C10H10O/c1-30(41-37-9-5-4-8-35(37)36-15-14-34(48)26-38(36)41)25-33-7-6-20-50-45(33)61-24-21-49-39(57)16-17-40(58)51-27-31-10-12-32(13-11-31)44-42-43(53-55(44)3)46(59)56(29-52-42)28-47(60)18-22-54(2)23-19-47;1-9(7-8-11)10-5-3-2-4-6-10/h4-15,20,25-26,29,41,60H,16-19,21-24,27-28H2,1-3H3,(H,49,57)(H,51,58);2-8H,1H3/b;9-7+. The SMILES string of the molecule is C/C(=C\C=O)c1ccccc1.CC(=Cc1cccnc1OCCNC(=O)CCC(=O)NCc1ccc(-c2c3ncn(CC4(O)CCN(C)CC4)c(=O)c3nn2C)cc1)C1c2ccccc2-c2ccc(F)cc21. The maximum Gasteiger partial charge on any atom is 0.281 e.